The van der Waals surface area contributed by atoms with E-state index >= 15 is 0 Å². The lowest BCUT2D eigenvalue weighted by Crippen LogP contribution is -2.51. The second-order valence-electron chi connectivity index (χ2n) is 7.89. The van der Waals surface area contributed by atoms with Gasteiger partial charge in [-0.05, 0) is 24.1 Å². The van der Waals surface area contributed by atoms with Crippen molar-refractivity contribution in [2.45, 2.75) is 35.9 Å². The molecule has 2 aromatic heterocycles. The highest BCUT2D eigenvalue weighted by Gasteiger charge is 2.63. The van der Waals surface area contributed by atoms with Gasteiger partial charge in [-0.3, -0.25) is 4.98 Å². The molecule has 1 N–H and O–H groups in total. The van der Waals surface area contributed by atoms with Crippen LogP contribution in [0, 0.1) is 6.92 Å². The molecule has 12 heteroatoms. The third-order valence-electron chi connectivity index (χ3n) is 5.46. The van der Waals surface area contributed by atoms with Crippen LogP contribution < -0.4 is 18.9 Å². The second-order valence-corrected chi connectivity index (χ2v) is 9.34. The van der Waals surface area contributed by atoms with Crippen LogP contribution in [0.1, 0.15) is 16.8 Å². The van der Waals surface area contributed by atoms with E-state index in [0.717, 1.165) is 16.8 Å². The predicted molar refractivity (Wildman–Crippen MR) is 128 cm³/mol. The largest absolute Gasteiger partial charge is 0.492 e. The van der Waals surface area contributed by atoms with Gasteiger partial charge < -0.3 is 23.9 Å². The quantitative estimate of drug-likeness (QED) is 0.217. The molecular weight excluding hydrogens is 519 g/mol. The fourth-order valence-corrected chi connectivity index (χ4v) is 4.63. The first-order valence-electron chi connectivity index (χ1n) is 10.7. The van der Waals surface area contributed by atoms with Crippen molar-refractivity contribution in [2.24, 2.45) is 0 Å². The van der Waals surface area contributed by atoms with Gasteiger partial charge in [0.25, 0.3) is 0 Å². The van der Waals surface area contributed by atoms with Gasteiger partial charge in [-0.2, -0.15) is 13.2 Å². The number of methoxy groups -OCH3 is 1. The summed E-state index contributed by atoms with van der Waals surface area (Å²) >= 11 is 6.48. The number of aromatic amines is 1. The molecule has 4 aromatic rings. The molecule has 5 rings (SSSR count). The van der Waals surface area contributed by atoms with Crippen LogP contribution in [0.3, 0.4) is 0 Å². The molecule has 1 aliphatic rings. The molecule has 0 fully saturated rings. The van der Waals surface area contributed by atoms with Crippen LogP contribution in [0.15, 0.2) is 53.8 Å². The fourth-order valence-electron chi connectivity index (χ4n) is 3.60. The van der Waals surface area contributed by atoms with E-state index in [4.69, 9.17) is 21.1 Å². The van der Waals surface area contributed by atoms with Gasteiger partial charge >= 0.3 is 11.4 Å². The summed E-state index contributed by atoms with van der Waals surface area (Å²) < 4.78 is 61.9. The van der Waals surface area contributed by atoms with Gasteiger partial charge in [-0.15, -0.1) is 0 Å². The molecule has 0 bridgehead atoms. The summed E-state index contributed by atoms with van der Waals surface area (Å²) in [4.78, 5) is 11.9. The molecule has 2 aromatic carbocycles. The van der Waals surface area contributed by atoms with Crippen molar-refractivity contribution >= 4 is 34.4 Å². The minimum Gasteiger partial charge on any atom is -0.492 e. The molecule has 0 amide bonds. The van der Waals surface area contributed by atoms with Gasteiger partial charge in [0.1, 0.15) is 6.61 Å². The van der Waals surface area contributed by atoms with Gasteiger partial charge in [0.2, 0.25) is 0 Å². The lowest BCUT2D eigenvalue weighted by atomic mass is 10.2. The van der Waals surface area contributed by atoms with E-state index in [1.807, 2.05) is 37.3 Å². The Balaban J connectivity index is 1.32. The number of pyridine rings is 1. The summed E-state index contributed by atoms with van der Waals surface area (Å²) in [5.74, 6) is 0.917. The molecule has 1 atom stereocenters. The number of hydrogen-bond acceptors (Lipinski definition) is 7. The number of aromatic nitrogens is 3. The van der Waals surface area contributed by atoms with E-state index < -0.39 is 11.4 Å². The molecule has 188 valence electrons. The Morgan fingerprint density at radius 2 is 1.86 bits per heavy atom. The lowest BCUT2D eigenvalue weighted by Gasteiger charge is -2.33. The third kappa shape index (κ3) is 4.60. The molecule has 7 nitrogen and oxygen atoms in total. The zero-order valence-corrected chi connectivity index (χ0v) is 20.6. The SMILES string of the molecule is COc1c(OCc2ccccc2)cnc(CSc2nc3cc4c(cc3[nH]2)OC(F)(F)C(F)(Cl)O4)c1C. The van der Waals surface area contributed by atoms with Crippen molar-refractivity contribution in [1.82, 2.24) is 15.0 Å². The smallest absolute Gasteiger partial charge is 0.488 e. The van der Waals surface area contributed by atoms with Crippen LogP contribution in [-0.4, -0.2) is 33.5 Å². The Kier molecular flexibility index (Phi) is 6.29. The van der Waals surface area contributed by atoms with E-state index in [0.29, 0.717) is 40.0 Å². The van der Waals surface area contributed by atoms with Crippen LogP contribution in [-0.2, 0) is 12.4 Å². The molecule has 3 heterocycles. The Morgan fingerprint density at radius 1 is 1.11 bits per heavy atom. The number of rotatable bonds is 7. The number of nitrogens with zero attached hydrogens (tertiary/aromatic N) is 2. The average Bonchev–Trinajstić information content (AvgIpc) is 3.23. The topological polar surface area (TPSA) is 78.5 Å². The summed E-state index contributed by atoms with van der Waals surface area (Å²) in [6.45, 7) is 2.26. The molecule has 1 aliphatic heterocycles. The van der Waals surface area contributed by atoms with Crippen molar-refractivity contribution in [3.63, 3.8) is 0 Å². The third-order valence-corrected chi connectivity index (χ3v) is 6.64. The van der Waals surface area contributed by atoms with Gasteiger partial charge in [0.05, 0.1) is 30.0 Å². The summed E-state index contributed by atoms with van der Waals surface area (Å²) in [6, 6.07) is 12.3. The zero-order valence-electron chi connectivity index (χ0n) is 19.0. The fraction of sp³-hybridized carbons (Fsp3) is 0.250. The molecule has 0 saturated carbocycles. The van der Waals surface area contributed by atoms with Crippen molar-refractivity contribution in [2.75, 3.05) is 7.11 Å². The van der Waals surface area contributed by atoms with Crippen molar-refractivity contribution in [1.29, 1.82) is 0 Å². The number of hydrogen-bond donors (Lipinski definition) is 1. The Bertz CT molecular complexity index is 1370. The van der Waals surface area contributed by atoms with E-state index in [9.17, 15) is 13.2 Å². The van der Waals surface area contributed by atoms with E-state index in [-0.39, 0.29) is 11.5 Å². The van der Waals surface area contributed by atoms with E-state index in [1.165, 1.54) is 23.9 Å². The first-order valence-corrected chi connectivity index (χ1v) is 12.0. The standard InChI is InChI=1S/C24H19ClF3N3O4S/c1-13-17(29-10-20(21(13)32-2)33-11-14-6-4-3-5-7-14)12-36-22-30-15-8-18-19(9-16(15)31-22)35-24(27,28)23(25,26)34-18/h3-10H,11-12H2,1-2H3,(H,30,31). The Labute approximate surface area is 212 Å². The van der Waals surface area contributed by atoms with Crippen LogP contribution >= 0.6 is 23.4 Å². The van der Waals surface area contributed by atoms with Crippen LogP contribution in [0.2, 0.25) is 0 Å². The van der Waals surface area contributed by atoms with Gasteiger partial charge in [0, 0.05) is 23.4 Å². The maximum atomic E-state index is 13.9. The lowest BCUT2D eigenvalue weighted by molar-refractivity contribution is -0.303. The molecule has 0 aliphatic carbocycles. The van der Waals surface area contributed by atoms with Crippen LogP contribution in [0.4, 0.5) is 13.2 Å². The normalized spacial score (nSPS) is 18.3. The van der Waals surface area contributed by atoms with Crippen molar-refractivity contribution in [3.05, 3.63) is 65.5 Å². The number of H-pyrrole nitrogens is 1. The highest BCUT2D eigenvalue weighted by atomic mass is 35.5. The van der Waals surface area contributed by atoms with Gasteiger partial charge in [-0.1, -0.05) is 42.1 Å². The van der Waals surface area contributed by atoms with E-state index in [2.05, 4.69) is 24.4 Å². The number of alkyl halides is 4. The molecule has 36 heavy (non-hydrogen) atoms. The summed E-state index contributed by atoms with van der Waals surface area (Å²) in [5, 5.41) is -3.33. The van der Waals surface area contributed by atoms with Crippen molar-refractivity contribution < 1.29 is 32.1 Å². The Morgan fingerprint density at radius 3 is 2.61 bits per heavy atom. The van der Waals surface area contributed by atoms with E-state index in [1.54, 1.807) is 13.3 Å². The average molecular weight is 538 g/mol. The molecule has 0 spiro atoms. The summed E-state index contributed by atoms with van der Waals surface area (Å²) in [6.07, 6.45) is -2.74. The number of imidazole rings is 1. The van der Waals surface area contributed by atoms with Gasteiger partial charge in [0.15, 0.2) is 28.2 Å². The highest BCUT2D eigenvalue weighted by Crippen LogP contribution is 2.49. The van der Waals surface area contributed by atoms with Crippen LogP contribution in [0.5, 0.6) is 23.0 Å². The summed E-state index contributed by atoms with van der Waals surface area (Å²) in [5.41, 5.74) is 3.35. The number of fused-ring (bicyclic) bond motifs is 2. The summed E-state index contributed by atoms with van der Waals surface area (Å²) in [7, 11) is 1.57. The number of halogens is 4. The highest BCUT2D eigenvalue weighted by molar-refractivity contribution is 7.98. The Hall–Kier alpha value is -3.31. The minimum absolute atomic E-state index is 0.276. The number of nitrogens with one attached hydrogen (secondary N) is 1. The maximum Gasteiger partial charge on any atom is 0.488 e. The molecule has 1 unspecified atom stereocenters. The monoisotopic (exact) mass is 537 g/mol. The maximum absolute atomic E-state index is 13.9. The van der Waals surface area contributed by atoms with Crippen molar-refractivity contribution in [3.8, 4) is 23.0 Å². The zero-order chi connectivity index (χ0) is 25.5. The predicted octanol–water partition coefficient (Wildman–Crippen LogP) is 6.37. The first-order chi connectivity index (χ1) is 17.2. The number of benzene rings is 2. The minimum atomic E-state index is -4.36. The molecule has 0 saturated heterocycles. The number of ether oxygens (including phenoxy) is 4. The second kappa shape index (κ2) is 9.29. The number of thioether (sulfide) groups is 1. The molecule has 0 radical (unpaired) electrons. The van der Waals surface area contributed by atoms with Gasteiger partial charge in [-0.25, -0.2) is 4.98 Å². The van der Waals surface area contributed by atoms with Crippen LogP contribution in [0.25, 0.3) is 11.0 Å². The first kappa shape index (κ1) is 24.4. The molecular formula is C24H19ClF3N3O4S.